The Bertz CT molecular complexity index is 1340. The fourth-order valence-electron chi connectivity index (χ4n) is 11.8. The number of allylic oxidation sites excluding steroid dienone is 4. The molecule has 0 amide bonds. The fourth-order valence-corrected chi connectivity index (χ4v) is 11.8. The molecule has 0 aromatic carbocycles. The molecule has 0 saturated heterocycles. The molecule has 0 bridgehead atoms. The van der Waals surface area contributed by atoms with Gasteiger partial charge in [-0.3, -0.25) is 14.4 Å². The van der Waals surface area contributed by atoms with Crippen LogP contribution >= 0.6 is 0 Å². The molecule has 0 aromatic rings. The van der Waals surface area contributed by atoms with Gasteiger partial charge in [0.05, 0.1) is 0 Å². The maximum Gasteiger partial charge on any atom is 0.306 e. The highest BCUT2D eigenvalue weighted by Gasteiger charge is 2.20. The number of hydrogen-bond acceptors (Lipinski definition) is 6. The first-order valence-electron chi connectivity index (χ1n) is 37.8. The summed E-state index contributed by atoms with van der Waals surface area (Å²) in [6.07, 6.45) is 89.6. The maximum atomic E-state index is 12.9. The minimum atomic E-state index is -0.766. The Kier molecular flexibility index (Phi) is 70.5. The third kappa shape index (κ3) is 70.5. The van der Waals surface area contributed by atoms with Crippen molar-refractivity contribution in [2.75, 3.05) is 13.2 Å². The monoisotopic (exact) mass is 1170 g/mol. The molecule has 0 aliphatic heterocycles. The van der Waals surface area contributed by atoms with Crippen molar-refractivity contribution in [1.29, 1.82) is 0 Å². The molecule has 0 rings (SSSR count). The van der Waals surface area contributed by atoms with Crippen molar-refractivity contribution in [3.8, 4) is 0 Å². The van der Waals surface area contributed by atoms with Crippen LogP contribution in [-0.2, 0) is 28.6 Å². The van der Waals surface area contributed by atoms with Crippen molar-refractivity contribution in [3.63, 3.8) is 0 Å². The Balaban J connectivity index is 4.07. The lowest BCUT2D eigenvalue weighted by Gasteiger charge is -2.18. The number of ether oxygens (including phenoxy) is 3. The van der Waals surface area contributed by atoms with Crippen molar-refractivity contribution < 1.29 is 28.6 Å². The molecule has 6 nitrogen and oxygen atoms in total. The minimum absolute atomic E-state index is 0.0631. The van der Waals surface area contributed by atoms with Crippen molar-refractivity contribution in [1.82, 2.24) is 0 Å². The normalized spacial score (nSPS) is 12.1. The molecule has 0 spiro atoms. The third-order valence-electron chi connectivity index (χ3n) is 17.5. The van der Waals surface area contributed by atoms with Gasteiger partial charge in [-0.1, -0.05) is 385 Å². The predicted octanol–water partition coefficient (Wildman–Crippen LogP) is 26.1. The summed E-state index contributed by atoms with van der Waals surface area (Å²) >= 11 is 0. The number of unbranched alkanes of at least 4 members (excludes halogenated alkanes) is 56. The van der Waals surface area contributed by atoms with Crippen LogP contribution in [0.5, 0.6) is 0 Å². The van der Waals surface area contributed by atoms with Gasteiger partial charge in [-0.15, -0.1) is 0 Å². The Morgan fingerprint density at radius 1 is 0.241 bits per heavy atom. The number of hydrogen-bond donors (Lipinski definition) is 0. The van der Waals surface area contributed by atoms with Crippen molar-refractivity contribution in [3.05, 3.63) is 24.3 Å². The first-order chi connectivity index (χ1) is 41.0. The first-order valence-corrected chi connectivity index (χ1v) is 37.8. The van der Waals surface area contributed by atoms with E-state index in [0.29, 0.717) is 19.3 Å². The average molecular weight is 1170 g/mol. The predicted molar refractivity (Wildman–Crippen MR) is 363 cm³/mol. The third-order valence-corrected chi connectivity index (χ3v) is 17.5. The second kappa shape index (κ2) is 72.4. The first kappa shape index (κ1) is 80.9. The fraction of sp³-hybridized carbons (Fsp3) is 0.909. The SMILES string of the molecule is CCCCCCC/C=C\C/C=C\CCCCCCCCCCCCCCCCCCCCCC(=O)OCC(COC(=O)CCCCCCCCCCCC)OC(=O)CCCCCCCCCCCCCCCCCCCCCCCCCC. The van der Waals surface area contributed by atoms with Crippen LogP contribution in [0.4, 0.5) is 0 Å². The summed E-state index contributed by atoms with van der Waals surface area (Å²) in [7, 11) is 0. The zero-order chi connectivity index (χ0) is 59.9. The molecule has 0 aromatic heterocycles. The van der Waals surface area contributed by atoms with Crippen molar-refractivity contribution in [2.24, 2.45) is 0 Å². The van der Waals surface area contributed by atoms with Gasteiger partial charge in [0.15, 0.2) is 6.10 Å². The lowest BCUT2D eigenvalue weighted by atomic mass is 10.0. The molecule has 490 valence electrons. The average Bonchev–Trinajstić information content (AvgIpc) is 3.48. The number of rotatable bonds is 71. The Morgan fingerprint density at radius 2 is 0.434 bits per heavy atom. The summed E-state index contributed by atoms with van der Waals surface area (Å²) in [5.41, 5.74) is 0. The van der Waals surface area contributed by atoms with Gasteiger partial charge < -0.3 is 14.2 Å². The van der Waals surface area contributed by atoms with Gasteiger partial charge in [-0.05, 0) is 51.4 Å². The van der Waals surface area contributed by atoms with Gasteiger partial charge in [-0.2, -0.15) is 0 Å². The lowest BCUT2D eigenvalue weighted by Crippen LogP contribution is -2.30. The maximum absolute atomic E-state index is 12.9. The van der Waals surface area contributed by atoms with Crippen LogP contribution in [0.3, 0.4) is 0 Å². The molecule has 1 atom stereocenters. The summed E-state index contributed by atoms with van der Waals surface area (Å²) in [6, 6.07) is 0. The van der Waals surface area contributed by atoms with Crippen LogP contribution in [0.15, 0.2) is 24.3 Å². The molecule has 0 heterocycles. The second-order valence-electron chi connectivity index (χ2n) is 25.9. The molecule has 0 radical (unpaired) electrons. The van der Waals surface area contributed by atoms with E-state index < -0.39 is 6.10 Å². The Morgan fingerprint density at radius 3 is 0.663 bits per heavy atom. The molecule has 83 heavy (non-hydrogen) atoms. The Hall–Kier alpha value is -2.11. The largest absolute Gasteiger partial charge is 0.462 e. The summed E-state index contributed by atoms with van der Waals surface area (Å²) in [5.74, 6) is -0.829. The van der Waals surface area contributed by atoms with Gasteiger partial charge in [0.2, 0.25) is 0 Å². The topological polar surface area (TPSA) is 78.9 Å². The van der Waals surface area contributed by atoms with Crippen LogP contribution in [0.1, 0.15) is 432 Å². The zero-order valence-electron chi connectivity index (χ0n) is 56.5. The summed E-state index contributed by atoms with van der Waals surface area (Å²) in [4.78, 5) is 38.4. The molecule has 0 aliphatic carbocycles. The van der Waals surface area contributed by atoms with E-state index in [2.05, 4.69) is 45.1 Å². The molecule has 6 heteroatoms. The summed E-state index contributed by atoms with van der Waals surface area (Å²) in [6.45, 7) is 6.71. The van der Waals surface area contributed by atoms with Gasteiger partial charge in [-0.25, -0.2) is 0 Å². The van der Waals surface area contributed by atoms with Crippen molar-refractivity contribution in [2.45, 2.75) is 438 Å². The van der Waals surface area contributed by atoms with E-state index in [1.165, 1.54) is 327 Å². The van der Waals surface area contributed by atoms with Crippen molar-refractivity contribution >= 4 is 17.9 Å². The van der Waals surface area contributed by atoms with Crippen LogP contribution in [0, 0.1) is 0 Å². The quantitative estimate of drug-likeness (QED) is 0.0261. The minimum Gasteiger partial charge on any atom is -0.462 e. The van der Waals surface area contributed by atoms with Crippen LogP contribution in [0.2, 0.25) is 0 Å². The summed E-state index contributed by atoms with van der Waals surface area (Å²) in [5, 5.41) is 0. The van der Waals surface area contributed by atoms with Crippen LogP contribution < -0.4 is 0 Å². The van der Waals surface area contributed by atoms with E-state index in [9.17, 15) is 14.4 Å². The Labute approximate surface area is 519 Å². The highest BCUT2D eigenvalue weighted by Crippen LogP contribution is 2.19. The summed E-state index contributed by atoms with van der Waals surface area (Å²) < 4.78 is 17.0. The molecule has 0 fully saturated rings. The lowest BCUT2D eigenvalue weighted by molar-refractivity contribution is -0.167. The van der Waals surface area contributed by atoms with E-state index in [-0.39, 0.29) is 31.1 Å². The van der Waals surface area contributed by atoms with E-state index in [1.807, 2.05) is 0 Å². The van der Waals surface area contributed by atoms with Crippen LogP contribution in [0.25, 0.3) is 0 Å². The molecule has 1 unspecified atom stereocenters. The van der Waals surface area contributed by atoms with E-state index in [1.54, 1.807) is 0 Å². The van der Waals surface area contributed by atoms with E-state index in [0.717, 1.165) is 64.2 Å². The van der Waals surface area contributed by atoms with E-state index >= 15 is 0 Å². The highest BCUT2D eigenvalue weighted by molar-refractivity contribution is 5.71. The number of esters is 3. The van der Waals surface area contributed by atoms with Gasteiger partial charge >= 0.3 is 17.9 Å². The van der Waals surface area contributed by atoms with E-state index in [4.69, 9.17) is 14.2 Å². The molecule has 0 saturated carbocycles. The van der Waals surface area contributed by atoms with Crippen LogP contribution in [-0.4, -0.2) is 37.2 Å². The van der Waals surface area contributed by atoms with Gasteiger partial charge in [0, 0.05) is 19.3 Å². The second-order valence-corrected chi connectivity index (χ2v) is 25.9. The smallest absolute Gasteiger partial charge is 0.306 e. The standard InChI is InChI=1S/C77H146O6/c1-4-7-10-13-16-19-22-24-26-28-30-32-34-36-37-38-39-40-41-42-44-45-47-49-51-53-55-58-61-64-67-70-76(79)82-73-74(72-81-75(78)69-66-63-60-57-21-18-15-12-9-6-3)83-77(80)71-68-65-62-59-56-54-52-50-48-46-43-35-33-31-29-27-25-23-20-17-14-11-8-5-2/h22,24,28,30,74H,4-21,23,25-27,29,31-73H2,1-3H3/b24-22-,30-28-. The molecular formula is C77H146O6. The zero-order valence-corrected chi connectivity index (χ0v) is 56.5. The molecule has 0 N–H and O–H groups in total. The molecule has 0 aliphatic rings. The highest BCUT2D eigenvalue weighted by atomic mass is 16.6. The number of carbonyl (C=O) groups excluding carboxylic acids is 3. The van der Waals surface area contributed by atoms with Gasteiger partial charge in [0.25, 0.3) is 0 Å². The number of carbonyl (C=O) groups is 3. The van der Waals surface area contributed by atoms with Gasteiger partial charge in [0.1, 0.15) is 13.2 Å². The molecular weight excluding hydrogens is 1020 g/mol.